The first-order valence-electron chi connectivity index (χ1n) is 6.71. The molecule has 1 unspecified atom stereocenters. The van der Waals surface area contributed by atoms with Crippen LogP contribution in [0.5, 0.6) is 0 Å². The summed E-state index contributed by atoms with van der Waals surface area (Å²) in [5.41, 5.74) is 0.328. The third-order valence-corrected chi connectivity index (χ3v) is 5.57. The van der Waals surface area contributed by atoms with Gasteiger partial charge in [0.15, 0.2) is 9.84 Å². The number of rotatable bonds is 4. The van der Waals surface area contributed by atoms with E-state index in [0.29, 0.717) is 24.3 Å². The zero-order chi connectivity index (χ0) is 15.6. The Morgan fingerprint density at radius 2 is 2.29 bits per heavy atom. The fourth-order valence-electron chi connectivity index (χ4n) is 2.32. The van der Waals surface area contributed by atoms with Crippen molar-refractivity contribution in [2.75, 3.05) is 30.4 Å². The number of halogens is 1. The Labute approximate surface area is 129 Å². The van der Waals surface area contributed by atoms with Crippen molar-refractivity contribution in [3.63, 3.8) is 0 Å². The maximum atomic E-state index is 12.5. The summed E-state index contributed by atoms with van der Waals surface area (Å²) in [4.78, 5) is 18.1. The summed E-state index contributed by atoms with van der Waals surface area (Å²) in [7, 11) is -1.43. The minimum atomic E-state index is -3.03. The fraction of sp³-hybridized carbons (Fsp3) is 0.538. The van der Waals surface area contributed by atoms with E-state index >= 15 is 0 Å². The van der Waals surface area contributed by atoms with E-state index in [1.807, 2.05) is 6.92 Å². The molecule has 6 nitrogen and oxygen atoms in total. The Bertz CT molecular complexity index is 648. The number of nitrogens with one attached hydrogen (secondary N) is 1. The molecule has 2 heterocycles. The van der Waals surface area contributed by atoms with E-state index in [0.717, 1.165) is 0 Å². The fourth-order valence-corrected chi connectivity index (χ4v) is 4.28. The molecule has 0 aliphatic carbocycles. The van der Waals surface area contributed by atoms with Crippen molar-refractivity contribution in [1.82, 2.24) is 9.88 Å². The molecular formula is C13H18ClN3O3S. The van der Waals surface area contributed by atoms with Gasteiger partial charge < -0.3 is 10.2 Å². The lowest BCUT2D eigenvalue weighted by molar-refractivity contribution is 0.0748. The number of anilines is 1. The molecule has 1 aliphatic rings. The predicted octanol–water partition coefficient (Wildman–Crippen LogP) is 1.43. The monoisotopic (exact) mass is 331 g/mol. The number of pyridine rings is 1. The highest BCUT2D eigenvalue weighted by molar-refractivity contribution is 7.91. The molecule has 1 N–H and O–H groups in total. The molecule has 1 aromatic rings. The quantitative estimate of drug-likeness (QED) is 0.902. The molecule has 1 amide bonds. The lowest BCUT2D eigenvalue weighted by atomic mass is 10.1. The molecule has 1 saturated heterocycles. The van der Waals surface area contributed by atoms with Crippen molar-refractivity contribution >= 4 is 33.2 Å². The molecule has 0 saturated carbocycles. The summed E-state index contributed by atoms with van der Waals surface area (Å²) in [6, 6.07) is 1.29. The zero-order valence-electron chi connectivity index (χ0n) is 12.0. The SMILES string of the molecule is CCNc1cc(C(=O)N(C)C2CCS(=O)(=O)C2)c(Cl)cn1. The molecule has 1 fully saturated rings. The molecule has 1 atom stereocenters. The number of sulfone groups is 1. The zero-order valence-corrected chi connectivity index (χ0v) is 13.5. The van der Waals surface area contributed by atoms with E-state index in [1.165, 1.54) is 11.1 Å². The summed E-state index contributed by atoms with van der Waals surface area (Å²) in [5.74, 6) is 0.418. The maximum absolute atomic E-state index is 12.5. The number of hydrogen-bond donors (Lipinski definition) is 1. The summed E-state index contributed by atoms with van der Waals surface area (Å²) in [5, 5.41) is 3.27. The van der Waals surface area contributed by atoms with E-state index in [9.17, 15) is 13.2 Å². The third kappa shape index (κ3) is 3.65. The lowest BCUT2D eigenvalue weighted by Crippen LogP contribution is -2.38. The van der Waals surface area contributed by atoms with Crippen molar-refractivity contribution in [2.24, 2.45) is 0 Å². The third-order valence-electron chi connectivity index (χ3n) is 3.52. The molecule has 0 radical (unpaired) electrons. The Hall–Kier alpha value is -1.34. The van der Waals surface area contributed by atoms with Crippen LogP contribution < -0.4 is 5.32 Å². The number of amides is 1. The van der Waals surface area contributed by atoms with E-state index in [-0.39, 0.29) is 28.5 Å². The van der Waals surface area contributed by atoms with Gasteiger partial charge >= 0.3 is 0 Å². The number of nitrogens with zero attached hydrogens (tertiary/aromatic N) is 2. The van der Waals surface area contributed by atoms with Gasteiger partial charge in [-0.3, -0.25) is 4.79 Å². The first-order chi connectivity index (χ1) is 9.84. The standard InChI is InChI=1S/C13H18ClN3O3S/c1-3-15-12-6-10(11(14)7-16-12)13(18)17(2)9-4-5-21(19,20)8-9/h6-7,9H,3-5,8H2,1-2H3,(H,15,16). The van der Waals surface area contributed by atoms with Crippen LogP contribution >= 0.6 is 11.6 Å². The van der Waals surface area contributed by atoms with Gasteiger partial charge in [0.1, 0.15) is 5.82 Å². The minimum absolute atomic E-state index is 0.0119. The van der Waals surface area contributed by atoms with E-state index in [2.05, 4.69) is 10.3 Å². The molecule has 0 spiro atoms. The van der Waals surface area contributed by atoms with Gasteiger partial charge in [0, 0.05) is 25.8 Å². The van der Waals surface area contributed by atoms with Crippen LogP contribution in [0.25, 0.3) is 0 Å². The number of carbonyl (C=O) groups excluding carboxylic acids is 1. The van der Waals surface area contributed by atoms with Gasteiger partial charge in [-0.25, -0.2) is 13.4 Å². The molecule has 0 aromatic carbocycles. The van der Waals surface area contributed by atoms with E-state index < -0.39 is 9.84 Å². The van der Waals surface area contributed by atoms with Crippen LogP contribution in [-0.4, -0.2) is 55.3 Å². The Kier molecular flexibility index (Phi) is 4.73. The van der Waals surface area contributed by atoms with Crippen molar-refractivity contribution in [2.45, 2.75) is 19.4 Å². The molecule has 1 aromatic heterocycles. The van der Waals surface area contributed by atoms with Crippen molar-refractivity contribution in [3.05, 3.63) is 22.8 Å². The summed E-state index contributed by atoms with van der Waals surface area (Å²) in [6.45, 7) is 2.60. The molecule has 116 valence electrons. The summed E-state index contributed by atoms with van der Waals surface area (Å²) >= 11 is 6.04. The first-order valence-corrected chi connectivity index (χ1v) is 8.91. The number of carbonyl (C=O) groups is 1. The van der Waals surface area contributed by atoms with E-state index in [4.69, 9.17) is 11.6 Å². The van der Waals surface area contributed by atoms with Gasteiger partial charge in [0.25, 0.3) is 5.91 Å². The molecule has 0 bridgehead atoms. The molecule has 2 rings (SSSR count). The molecule has 8 heteroatoms. The highest BCUT2D eigenvalue weighted by Crippen LogP contribution is 2.23. The second-order valence-electron chi connectivity index (χ2n) is 5.05. The highest BCUT2D eigenvalue weighted by atomic mass is 35.5. The maximum Gasteiger partial charge on any atom is 0.255 e. The highest BCUT2D eigenvalue weighted by Gasteiger charge is 2.33. The first kappa shape index (κ1) is 16.0. The average molecular weight is 332 g/mol. The second-order valence-corrected chi connectivity index (χ2v) is 7.69. The van der Waals surface area contributed by atoms with Crippen LogP contribution in [0.15, 0.2) is 12.3 Å². The van der Waals surface area contributed by atoms with Crippen LogP contribution in [0.4, 0.5) is 5.82 Å². The Balaban J connectivity index is 2.21. The smallest absolute Gasteiger partial charge is 0.255 e. The van der Waals surface area contributed by atoms with E-state index in [1.54, 1.807) is 13.1 Å². The Morgan fingerprint density at radius 3 is 2.86 bits per heavy atom. The minimum Gasteiger partial charge on any atom is -0.370 e. The van der Waals surface area contributed by atoms with Crippen LogP contribution in [-0.2, 0) is 9.84 Å². The van der Waals surface area contributed by atoms with Crippen molar-refractivity contribution in [3.8, 4) is 0 Å². The van der Waals surface area contributed by atoms with Crippen LogP contribution in [0.2, 0.25) is 5.02 Å². The van der Waals surface area contributed by atoms with Gasteiger partial charge in [-0.2, -0.15) is 0 Å². The van der Waals surface area contributed by atoms with Gasteiger partial charge in [0.2, 0.25) is 0 Å². The summed E-state index contributed by atoms with van der Waals surface area (Å²) < 4.78 is 23.1. The normalized spacial score (nSPS) is 20.2. The summed E-state index contributed by atoms with van der Waals surface area (Å²) in [6.07, 6.45) is 1.89. The molecule has 1 aliphatic heterocycles. The van der Waals surface area contributed by atoms with Gasteiger partial charge in [-0.05, 0) is 19.4 Å². The number of hydrogen-bond acceptors (Lipinski definition) is 5. The van der Waals surface area contributed by atoms with Crippen molar-refractivity contribution in [1.29, 1.82) is 0 Å². The Morgan fingerprint density at radius 1 is 1.57 bits per heavy atom. The van der Waals surface area contributed by atoms with Gasteiger partial charge in [-0.1, -0.05) is 11.6 Å². The molecular weight excluding hydrogens is 314 g/mol. The van der Waals surface area contributed by atoms with Crippen LogP contribution in [0.1, 0.15) is 23.7 Å². The number of aromatic nitrogens is 1. The van der Waals surface area contributed by atoms with Crippen LogP contribution in [0, 0.1) is 0 Å². The largest absolute Gasteiger partial charge is 0.370 e. The van der Waals surface area contributed by atoms with Crippen LogP contribution in [0.3, 0.4) is 0 Å². The molecule has 21 heavy (non-hydrogen) atoms. The average Bonchev–Trinajstić information content (AvgIpc) is 2.80. The van der Waals surface area contributed by atoms with Gasteiger partial charge in [0.05, 0.1) is 22.1 Å². The van der Waals surface area contributed by atoms with Crippen molar-refractivity contribution < 1.29 is 13.2 Å². The van der Waals surface area contributed by atoms with Gasteiger partial charge in [-0.15, -0.1) is 0 Å². The second kappa shape index (κ2) is 6.19. The predicted molar refractivity (Wildman–Crippen MR) is 82.6 cm³/mol. The lowest BCUT2D eigenvalue weighted by Gasteiger charge is -2.24. The topological polar surface area (TPSA) is 79.4 Å².